The number of benzene rings is 2. The number of esters is 1. The quantitative estimate of drug-likeness (QED) is 0.380. The molecule has 1 saturated heterocycles. The van der Waals surface area contributed by atoms with E-state index in [0.717, 1.165) is 5.56 Å². The minimum Gasteiger partial charge on any atom is -0.467 e. The fourth-order valence-electron chi connectivity index (χ4n) is 3.82. The number of amides is 1. The Balaban J connectivity index is 1.36. The molecule has 4 rings (SSSR count). The molecule has 0 N–H and O–H groups in total. The first kappa shape index (κ1) is 20.8. The van der Waals surface area contributed by atoms with Gasteiger partial charge in [0.05, 0.1) is 17.4 Å². The second kappa shape index (κ2) is 9.13. The van der Waals surface area contributed by atoms with Crippen molar-refractivity contribution in [1.82, 2.24) is 4.90 Å². The van der Waals surface area contributed by atoms with Crippen LogP contribution in [0, 0.1) is 16.0 Å². The van der Waals surface area contributed by atoms with Crippen LogP contribution in [-0.4, -0.2) is 41.6 Å². The first-order chi connectivity index (χ1) is 15.0. The Morgan fingerprint density at radius 2 is 2.06 bits per heavy atom. The lowest BCUT2D eigenvalue weighted by atomic mass is 10.1. The highest BCUT2D eigenvalue weighted by Crippen LogP contribution is 2.33. The molecule has 2 heterocycles. The minimum atomic E-state index is -0.554. The molecule has 1 atom stereocenters. The summed E-state index contributed by atoms with van der Waals surface area (Å²) in [6, 6.07) is 12.6. The zero-order chi connectivity index (χ0) is 21.8. The molecule has 2 aliphatic rings. The lowest BCUT2D eigenvalue weighted by Gasteiger charge is -2.21. The van der Waals surface area contributed by atoms with E-state index in [1.165, 1.54) is 12.1 Å². The van der Waals surface area contributed by atoms with E-state index in [0.29, 0.717) is 36.4 Å². The Bertz CT molecular complexity index is 993. The average molecular weight is 426 g/mol. The minimum absolute atomic E-state index is 0.0270. The number of nitrogens with zero attached hydrogens (tertiary/aromatic N) is 2. The summed E-state index contributed by atoms with van der Waals surface area (Å²) >= 11 is 0. The summed E-state index contributed by atoms with van der Waals surface area (Å²) in [6.45, 7) is 0.892. The number of rotatable bonds is 7. The maximum atomic E-state index is 12.6. The smallest absolute Gasteiger partial charge is 0.311 e. The summed E-state index contributed by atoms with van der Waals surface area (Å²) in [5.74, 6) is -0.687. The zero-order valence-corrected chi connectivity index (χ0v) is 16.8. The van der Waals surface area contributed by atoms with Crippen LogP contribution in [0.15, 0.2) is 42.5 Å². The van der Waals surface area contributed by atoms with Crippen molar-refractivity contribution in [2.45, 2.75) is 26.1 Å². The Hall–Kier alpha value is -3.46. The lowest BCUT2D eigenvalue weighted by Crippen LogP contribution is -2.29. The van der Waals surface area contributed by atoms with Gasteiger partial charge in [-0.2, -0.15) is 0 Å². The predicted molar refractivity (Wildman–Crippen MR) is 108 cm³/mol. The highest BCUT2D eigenvalue weighted by atomic mass is 16.7. The van der Waals surface area contributed by atoms with Crippen LogP contribution in [0.4, 0.5) is 5.69 Å². The van der Waals surface area contributed by atoms with Crippen LogP contribution in [0.1, 0.15) is 23.1 Å². The van der Waals surface area contributed by atoms with Gasteiger partial charge in [0.2, 0.25) is 5.91 Å². The van der Waals surface area contributed by atoms with Crippen LogP contribution in [0.25, 0.3) is 0 Å². The third kappa shape index (κ3) is 4.83. The van der Waals surface area contributed by atoms with E-state index in [2.05, 4.69) is 0 Å². The third-order valence-corrected chi connectivity index (χ3v) is 5.41. The summed E-state index contributed by atoms with van der Waals surface area (Å²) < 4.78 is 16.0. The predicted octanol–water partition coefficient (Wildman–Crippen LogP) is 2.60. The zero-order valence-electron chi connectivity index (χ0n) is 16.8. The van der Waals surface area contributed by atoms with Gasteiger partial charge in [-0.1, -0.05) is 30.3 Å². The van der Waals surface area contributed by atoms with Crippen molar-refractivity contribution in [3.63, 3.8) is 0 Å². The van der Waals surface area contributed by atoms with Crippen LogP contribution in [0.2, 0.25) is 0 Å². The first-order valence-corrected chi connectivity index (χ1v) is 10.0. The fourth-order valence-corrected chi connectivity index (χ4v) is 3.82. The summed E-state index contributed by atoms with van der Waals surface area (Å²) in [6.07, 6.45) is 0.818. The van der Waals surface area contributed by atoms with Crippen LogP contribution in [-0.2, 0) is 38.7 Å². The summed E-state index contributed by atoms with van der Waals surface area (Å²) in [4.78, 5) is 37.2. The molecule has 0 radical (unpaired) electrons. The molecule has 0 bridgehead atoms. The molecule has 0 spiro atoms. The molecule has 31 heavy (non-hydrogen) atoms. The van der Waals surface area contributed by atoms with Gasteiger partial charge in [-0.3, -0.25) is 19.7 Å². The van der Waals surface area contributed by atoms with E-state index in [1.807, 2.05) is 30.3 Å². The third-order valence-electron chi connectivity index (χ3n) is 5.41. The molecule has 1 fully saturated rings. The number of carbonyl (C=O) groups excluding carboxylic acids is 2. The number of hydrogen-bond donors (Lipinski definition) is 0. The van der Waals surface area contributed by atoms with Gasteiger partial charge in [0.1, 0.15) is 12.4 Å². The highest BCUT2D eigenvalue weighted by Gasteiger charge is 2.35. The Morgan fingerprint density at radius 3 is 2.84 bits per heavy atom. The van der Waals surface area contributed by atoms with E-state index >= 15 is 0 Å². The summed E-state index contributed by atoms with van der Waals surface area (Å²) in [5, 5.41) is 11.2. The average Bonchev–Trinajstić information content (AvgIpc) is 3.16. The molecule has 9 nitrogen and oxygen atoms in total. The van der Waals surface area contributed by atoms with Crippen molar-refractivity contribution < 1.29 is 28.7 Å². The van der Waals surface area contributed by atoms with Crippen molar-refractivity contribution >= 4 is 17.6 Å². The molecule has 1 unspecified atom stereocenters. The van der Waals surface area contributed by atoms with Crippen LogP contribution in [0.5, 0.6) is 5.75 Å². The van der Waals surface area contributed by atoms with E-state index in [4.69, 9.17) is 14.2 Å². The number of likely N-dealkylation sites (tertiary alicyclic amines) is 1. The van der Waals surface area contributed by atoms with Gasteiger partial charge in [-0.15, -0.1) is 0 Å². The van der Waals surface area contributed by atoms with Gasteiger partial charge in [-0.25, -0.2) is 0 Å². The molecule has 2 aromatic carbocycles. The number of carbonyl (C=O) groups is 2. The van der Waals surface area contributed by atoms with Crippen molar-refractivity contribution in [2.75, 3.05) is 19.9 Å². The molecule has 0 saturated carbocycles. The van der Waals surface area contributed by atoms with E-state index < -0.39 is 16.8 Å². The normalized spacial score (nSPS) is 17.7. The molecule has 2 aromatic rings. The van der Waals surface area contributed by atoms with E-state index in [1.54, 1.807) is 4.90 Å². The second-order valence-electron chi connectivity index (χ2n) is 7.55. The van der Waals surface area contributed by atoms with Crippen LogP contribution >= 0.6 is 0 Å². The molecule has 162 valence electrons. The van der Waals surface area contributed by atoms with Gasteiger partial charge in [0.25, 0.3) is 5.69 Å². The van der Waals surface area contributed by atoms with Crippen molar-refractivity contribution in [3.8, 4) is 5.75 Å². The standard InChI is InChI=1S/C22H22N2O7/c25-20-10-16(11-23(20)7-6-15-4-2-1-3-5-15)22(26)30-13-18-9-19(24(27)28)8-17-12-29-14-31-21(17)18/h1-5,8-9,16H,6-7,10-14H2. The molecular weight excluding hydrogens is 404 g/mol. The molecular formula is C22H22N2O7. The van der Waals surface area contributed by atoms with Gasteiger partial charge in [0, 0.05) is 42.8 Å². The monoisotopic (exact) mass is 426 g/mol. The Morgan fingerprint density at radius 1 is 1.26 bits per heavy atom. The molecule has 0 aromatic heterocycles. The largest absolute Gasteiger partial charge is 0.467 e. The first-order valence-electron chi connectivity index (χ1n) is 10.0. The highest BCUT2D eigenvalue weighted by molar-refractivity contribution is 5.86. The number of nitro benzene ring substituents is 1. The number of ether oxygens (including phenoxy) is 3. The van der Waals surface area contributed by atoms with Crippen LogP contribution < -0.4 is 4.74 Å². The summed E-state index contributed by atoms with van der Waals surface area (Å²) in [5.41, 5.74) is 1.95. The topological polar surface area (TPSA) is 108 Å². The maximum absolute atomic E-state index is 12.6. The number of fused-ring (bicyclic) bond motifs is 1. The Labute approximate surface area is 178 Å². The maximum Gasteiger partial charge on any atom is 0.311 e. The molecule has 9 heteroatoms. The van der Waals surface area contributed by atoms with E-state index in [-0.39, 0.29) is 38.0 Å². The van der Waals surface area contributed by atoms with Crippen LogP contribution in [0.3, 0.4) is 0 Å². The van der Waals surface area contributed by atoms with Gasteiger partial charge in [0.15, 0.2) is 6.79 Å². The van der Waals surface area contributed by atoms with Crippen molar-refractivity contribution in [2.24, 2.45) is 5.92 Å². The molecule has 2 aliphatic heterocycles. The number of non-ortho nitro benzene ring substituents is 1. The van der Waals surface area contributed by atoms with Gasteiger partial charge >= 0.3 is 5.97 Å². The lowest BCUT2D eigenvalue weighted by molar-refractivity contribution is -0.385. The summed E-state index contributed by atoms with van der Waals surface area (Å²) in [7, 11) is 0. The van der Waals surface area contributed by atoms with Gasteiger partial charge < -0.3 is 19.1 Å². The molecule has 0 aliphatic carbocycles. The molecule has 1 amide bonds. The number of hydrogen-bond acceptors (Lipinski definition) is 7. The SMILES string of the molecule is O=C(OCc1cc([N+](=O)[O-])cc2c1OCOC2)C1CC(=O)N(CCc2ccccc2)C1. The van der Waals surface area contributed by atoms with Crippen molar-refractivity contribution in [1.29, 1.82) is 0 Å². The van der Waals surface area contributed by atoms with E-state index in [9.17, 15) is 19.7 Å². The van der Waals surface area contributed by atoms with Gasteiger partial charge in [-0.05, 0) is 12.0 Å². The fraction of sp³-hybridized carbons (Fsp3) is 0.364. The second-order valence-corrected chi connectivity index (χ2v) is 7.55. The Kier molecular flexibility index (Phi) is 6.13. The number of nitro groups is 1. The van der Waals surface area contributed by atoms with Crippen molar-refractivity contribution in [3.05, 3.63) is 69.3 Å².